The average Bonchev–Trinajstić information content (AvgIpc) is 2.41. The van der Waals surface area contributed by atoms with E-state index in [-0.39, 0.29) is 5.92 Å². The number of carbonyl (C=O) groups is 4. The maximum atomic E-state index is 12.1. The number of primary amides is 1. The van der Waals surface area contributed by atoms with Gasteiger partial charge < -0.3 is 32.3 Å². The second-order valence-corrected chi connectivity index (χ2v) is 5.57. The molecule has 0 aliphatic rings. The number of aliphatic carboxylic acids is 1. The quantitative estimate of drug-likeness (QED) is 0.265. The molecule has 0 saturated heterocycles. The van der Waals surface area contributed by atoms with Crippen molar-refractivity contribution >= 4 is 23.7 Å². The van der Waals surface area contributed by atoms with Crippen molar-refractivity contribution in [1.29, 1.82) is 0 Å². The fourth-order valence-corrected chi connectivity index (χ4v) is 1.62. The van der Waals surface area contributed by atoms with E-state index >= 15 is 0 Å². The van der Waals surface area contributed by atoms with Gasteiger partial charge in [-0.2, -0.15) is 0 Å². The second kappa shape index (κ2) is 9.06. The molecule has 0 unspecified atom stereocenters. The Morgan fingerprint density at radius 3 is 1.91 bits per heavy atom. The van der Waals surface area contributed by atoms with Crippen LogP contribution >= 0.6 is 0 Å². The lowest BCUT2D eigenvalue weighted by Crippen LogP contribution is -2.59. The number of aliphatic hydroxyl groups excluding tert-OH is 1. The summed E-state index contributed by atoms with van der Waals surface area (Å²) in [6, 6.07) is -3.87. The summed E-state index contributed by atoms with van der Waals surface area (Å²) >= 11 is 0. The molecular formula is C13H24N4O6. The van der Waals surface area contributed by atoms with Gasteiger partial charge >= 0.3 is 5.97 Å². The number of carboxylic acids is 1. The molecule has 0 aromatic rings. The van der Waals surface area contributed by atoms with E-state index in [0.29, 0.717) is 0 Å². The zero-order valence-electron chi connectivity index (χ0n) is 13.3. The van der Waals surface area contributed by atoms with Gasteiger partial charge in [0.25, 0.3) is 0 Å². The molecule has 10 nitrogen and oxygen atoms in total. The number of nitrogens with one attached hydrogen (secondary N) is 2. The molecule has 132 valence electrons. The molecule has 3 amide bonds. The highest BCUT2D eigenvalue weighted by Crippen LogP contribution is 2.02. The molecule has 0 bridgehead atoms. The third-order valence-corrected chi connectivity index (χ3v) is 3.10. The maximum Gasteiger partial charge on any atom is 0.326 e. The molecule has 0 heterocycles. The minimum absolute atomic E-state index is 0.200. The Bertz CT molecular complexity index is 465. The molecule has 0 fully saturated rings. The monoisotopic (exact) mass is 332 g/mol. The summed E-state index contributed by atoms with van der Waals surface area (Å²) in [4.78, 5) is 45.8. The van der Waals surface area contributed by atoms with E-state index in [1.807, 2.05) is 5.32 Å². The summed E-state index contributed by atoms with van der Waals surface area (Å²) in [6.45, 7) is 4.65. The van der Waals surface area contributed by atoms with Crippen molar-refractivity contribution in [3.8, 4) is 0 Å². The molecule has 23 heavy (non-hydrogen) atoms. The first-order valence-electron chi connectivity index (χ1n) is 7.02. The number of hydrogen-bond acceptors (Lipinski definition) is 6. The van der Waals surface area contributed by atoms with E-state index in [4.69, 9.17) is 16.6 Å². The molecule has 4 atom stereocenters. The van der Waals surface area contributed by atoms with E-state index in [1.165, 1.54) is 6.92 Å². The lowest BCUT2D eigenvalue weighted by Gasteiger charge is -2.25. The van der Waals surface area contributed by atoms with Crippen LogP contribution in [0.15, 0.2) is 0 Å². The predicted octanol–water partition coefficient (Wildman–Crippen LogP) is -2.72. The summed E-state index contributed by atoms with van der Waals surface area (Å²) in [6.07, 6.45) is -1.92. The molecule has 0 aliphatic heterocycles. The number of hydrogen-bond donors (Lipinski definition) is 6. The van der Waals surface area contributed by atoms with Gasteiger partial charge in [0.1, 0.15) is 12.1 Å². The van der Waals surface area contributed by atoms with Crippen molar-refractivity contribution < 1.29 is 29.4 Å². The van der Waals surface area contributed by atoms with E-state index in [9.17, 15) is 24.3 Å². The van der Waals surface area contributed by atoms with Gasteiger partial charge in [0.05, 0.1) is 18.6 Å². The summed E-state index contributed by atoms with van der Waals surface area (Å²) in [5, 5.41) is 22.9. The van der Waals surface area contributed by atoms with E-state index < -0.39 is 54.3 Å². The van der Waals surface area contributed by atoms with Crippen LogP contribution in [0.3, 0.4) is 0 Å². The topological polar surface area (TPSA) is 185 Å². The highest BCUT2D eigenvalue weighted by Gasteiger charge is 2.31. The van der Waals surface area contributed by atoms with Gasteiger partial charge in [0.15, 0.2) is 0 Å². The molecule has 0 aromatic heterocycles. The summed E-state index contributed by atoms with van der Waals surface area (Å²) in [7, 11) is 0. The van der Waals surface area contributed by atoms with Gasteiger partial charge in [0.2, 0.25) is 17.7 Å². The van der Waals surface area contributed by atoms with Crippen molar-refractivity contribution in [1.82, 2.24) is 10.6 Å². The number of nitrogens with two attached hydrogens (primary N) is 2. The number of aliphatic hydroxyl groups is 1. The fourth-order valence-electron chi connectivity index (χ4n) is 1.62. The largest absolute Gasteiger partial charge is 0.480 e. The second-order valence-electron chi connectivity index (χ2n) is 5.57. The number of carboxylic acid groups (broad SMARTS) is 1. The van der Waals surface area contributed by atoms with Crippen LogP contribution in [0.5, 0.6) is 0 Å². The van der Waals surface area contributed by atoms with E-state index in [1.54, 1.807) is 13.8 Å². The Kier molecular flexibility index (Phi) is 8.19. The molecule has 0 aliphatic carbocycles. The first kappa shape index (κ1) is 20.8. The fraction of sp³-hybridized carbons (Fsp3) is 0.692. The van der Waals surface area contributed by atoms with E-state index in [2.05, 4.69) is 5.32 Å². The zero-order chi connectivity index (χ0) is 18.3. The molecule has 8 N–H and O–H groups in total. The minimum atomic E-state index is -1.56. The summed E-state index contributed by atoms with van der Waals surface area (Å²) in [5.41, 5.74) is 10.6. The highest BCUT2D eigenvalue weighted by atomic mass is 16.4. The van der Waals surface area contributed by atoms with Crippen LogP contribution < -0.4 is 22.1 Å². The molecule has 10 heteroatoms. The Labute approximate surface area is 133 Å². The Morgan fingerprint density at radius 1 is 1.04 bits per heavy atom. The molecular weight excluding hydrogens is 308 g/mol. The summed E-state index contributed by atoms with van der Waals surface area (Å²) in [5.74, 6) is -4.21. The zero-order valence-corrected chi connectivity index (χ0v) is 13.3. The molecule has 0 radical (unpaired) electrons. The van der Waals surface area contributed by atoms with Gasteiger partial charge in [0, 0.05) is 0 Å². The van der Waals surface area contributed by atoms with Gasteiger partial charge in [-0.3, -0.25) is 14.4 Å². The minimum Gasteiger partial charge on any atom is -0.480 e. The van der Waals surface area contributed by atoms with Gasteiger partial charge in [-0.15, -0.1) is 0 Å². The standard InChI is InChI=1S/C13H24N4O6/c1-5(2)9(15)11(20)17-10(6(3)18)12(21)16-7(13(22)23)4-8(14)19/h5-7,9-10,18H,4,15H2,1-3H3,(H2,14,19)(H,16,21)(H,17,20)(H,22,23)/t6-,7+,9+,10+/m1/s1. The van der Waals surface area contributed by atoms with Crippen molar-refractivity contribution in [3.63, 3.8) is 0 Å². The van der Waals surface area contributed by atoms with Gasteiger partial charge in [-0.05, 0) is 12.8 Å². The van der Waals surface area contributed by atoms with Crippen LogP contribution in [0.4, 0.5) is 0 Å². The van der Waals surface area contributed by atoms with Crippen molar-refractivity contribution in [3.05, 3.63) is 0 Å². The summed E-state index contributed by atoms with van der Waals surface area (Å²) < 4.78 is 0. The number of rotatable bonds is 9. The first-order chi connectivity index (χ1) is 10.5. The van der Waals surface area contributed by atoms with Crippen molar-refractivity contribution in [2.45, 2.75) is 51.4 Å². The Hall–Kier alpha value is -2.20. The smallest absolute Gasteiger partial charge is 0.326 e. The van der Waals surface area contributed by atoms with Crippen LogP contribution in [0, 0.1) is 5.92 Å². The third-order valence-electron chi connectivity index (χ3n) is 3.10. The Balaban J connectivity index is 5.01. The molecule has 0 saturated carbocycles. The van der Waals surface area contributed by atoms with Crippen LogP contribution in [-0.2, 0) is 19.2 Å². The average molecular weight is 332 g/mol. The predicted molar refractivity (Wildman–Crippen MR) is 79.8 cm³/mol. The lowest BCUT2D eigenvalue weighted by molar-refractivity contribution is -0.144. The van der Waals surface area contributed by atoms with Crippen LogP contribution in [0.1, 0.15) is 27.2 Å². The maximum absolute atomic E-state index is 12.1. The lowest BCUT2D eigenvalue weighted by atomic mass is 10.0. The van der Waals surface area contributed by atoms with E-state index in [0.717, 1.165) is 0 Å². The van der Waals surface area contributed by atoms with Gasteiger partial charge in [-0.1, -0.05) is 13.8 Å². The molecule has 0 spiro atoms. The van der Waals surface area contributed by atoms with Crippen molar-refractivity contribution in [2.75, 3.05) is 0 Å². The molecule has 0 rings (SSSR count). The van der Waals surface area contributed by atoms with Crippen LogP contribution in [0.2, 0.25) is 0 Å². The first-order valence-corrected chi connectivity index (χ1v) is 7.02. The Morgan fingerprint density at radius 2 is 1.57 bits per heavy atom. The third kappa shape index (κ3) is 7.06. The molecule has 0 aromatic carbocycles. The number of amides is 3. The van der Waals surface area contributed by atoms with Crippen molar-refractivity contribution in [2.24, 2.45) is 17.4 Å². The van der Waals surface area contributed by atoms with Gasteiger partial charge in [-0.25, -0.2) is 4.79 Å². The number of carbonyl (C=O) groups excluding carboxylic acids is 3. The van der Waals surface area contributed by atoms with Crippen LogP contribution in [0.25, 0.3) is 0 Å². The SMILES string of the molecule is CC(C)[C@H](N)C(=O)N[C@H](C(=O)N[C@@H](CC(N)=O)C(=O)O)[C@@H](C)O. The van der Waals surface area contributed by atoms with Crippen LogP contribution in [-0.4, -0.2) is 58.1 Å². The highest BCUT2D eigenvalue weighted by molar-refractivity contribution is 5.93. The normalized spacial score (nSPS) is 16.1.